The van der Waals surface area contributed by atoms with Gasteiger partial charge in [-0.3, -0.25) is 9.59 Å². The molecule has 0 aliphatic heterocycles. The van der Waals surface area contributed by atoms with Crippen molar-refractivity contribution in [2.45, 2.75) is 0 Å². The number of nitrogens with zero attached hydrogens (tertiary/aromatic N) is 2. The van der Waals surface area contributed by atoms with Crippen LogP contribution >= 0.6 is 0 Å². The number of hydrogen-bond donors (Lipinski definition) is 2. The van der Waals surface area contributed by atoms with Crippen LogP contribution in [0.15, 0.2) is 64.5 Å². The average molecular weight is 292 g/mol. The van der Waals surface area contributed by atoms with Gasteiger partial charge in [0.25, 0.3) is 11.5 Å². The Morgan fingerprint density at radius 1 is 1.05 bits per heavy atom. The third-order valence-corrected chi connectivity index (χ3v) is 3.09. The summed E-state index contributed by atoms with van der Waals surface area (Å²) in [7, 11) is 0. The molecule has 0 aliphatic carbocycles. The molecule has 6 heteroatoms. The lowest BCUT2D eigenvalue weighted by atomic mass is 10.1. The quantitative estimate of drug-likeness (QED) is 0.569. The Balaban J connectivity index is 1.86. The maximum atomic E-state index is 12.2. The number of aromatic amines is 1. The second-order valence-corrected chi connectivity index (χ2v) is 4.56. The summed E-state index contributed by atoms with van der Waals surface area (Å²) in [6.07, 6.45) is 1.53. The minimum absolute atomic E-state index is 0.125. The predicted molar refractivity (Wildman–Crippen MR) is 83.9 cm³/mol. The van der Waals surface area contributed by atoms with Gasteiger partial charge in [0.1, 0.15) is 0 Å². The molecular weight excluding hydrogens is 280 g/mol. The Kier molecular flexibility index (Phi) is 3.74. The number of aromatic nitrogens is 2. The van der Waals surface area contributed by atoms with E-state index in [0.717, 1.165) is 5.56 Å². The SMILES string of the molecule is O=C(N/N=C\c1ccccc1)c1n[nH]c(=O)c2ccccc12. The van der Waals surface area contributed by atoms with Crippen molar-refractivity contribution in [2.24, 2.45) is 5.10 Å². The maximum absolute atomic E-state index is 12.2. The Morgan fingerprint density at radius 2 is 1.73 bits per heavy atom. The monoisotopic (exact) mass is 292 g/mol. The van der Waals surface area contributed by atoms with Gasteiger partial charge in [-0.2, -0.15) is 10.2 Å². The Morgan fingerprint density at radius 3 is 2.50 bits per heavy atom. The standard InChI is InChI=1S/C16H12N4O2/c21-15-13-9-5-4-8-12(13)14(18-20-15)16(22)19-17-10-11-6-2-1-3-7-11/h1-10H,(H,19,22)(H,20,21)/b17-10-. The largest absolute Gasteiger partial charge is 0.292 e. The third-order valence-electron chi connectivity index (χ3n) is 3.09. The van der Waals surface area contributed by atoms with Crippen LogP contribution in [-0.2, 0) is 0 Å². The van der Waals surface area contributed by atoms with Gasteiger partial charge in [-0.25, -0.2) is 10.5 Å². The van der Waals surface area contributed by atoms with Gasteiger partial charge >= 0.3 is 0 Å². The van der Waals surface area contributed by atoms with Crippen molar-refractivity contribution in [2.75, 3.05) is 0 Å². The van der Waals surface area contributed by atoms with Crippen molar-refractivity contribution < 1.29 is 4.79 Å². The van der Waals surface area contributed by atoms with E-state index in [2.05, 4.69) is 20.7 Å². The van der Waals surface area contributed by atoms with E-state index in [-0.39, 0.29) is 11.3 Å². The van der Waals surface area contributed by atoms with Crippen LogP contribution in [0, 0.1) is 0 Å². The van der Waals surface area contributed by atoms with Crippen LogP contribution < -0.4 is 11.0 Å². The maximum Gasteiger partial charge on any atom is 0.292 e. The van der Waals surface area contributed by atoms with E-state index >= 15 is 0 Å². The van der Waals surface area contributed by atoms with Gasteiger partial charge in [-0.1, -0.05) is 48.5 Å². The van der Waals surface area contributed by atoms with Crippen molar-refractivity contribution in [1.82, 2.24) is 15.6 Å². The molecule has 0 radical (unpaired) electrons. The molecule has 0 unspecified atom stereocenters. The van der Waals surface area contributed by atoms with Crippen LogP contribution in [0.4, 0.5) is 0 Å². The Hall–Kier alpha value is -3.28. The summed E-state index contributed by atoms with van der Waals surface area (Å²) >= 11 is 0. The normalized spacial score (nSPS) is 10.9. The molecule has 2 aromatic carbocycles. The lowest BCUT2D eigenvalue weighted by Gasteiger charge is -2.02. The summed E-state index contributed by atoms with van der Waals surface area (Å²) in [4.78, 5) is 23.8. The highest BCUT2D eigenvalue weighted by atomic mass is 16.2. The number of carbonyl (C=O) groups is 1. The Bertz CT molecular complexity index is 901. The average Bonchev–Trinajstić information content (AvgIpc) is 2.56. The van der Waals surface area contributed by atoms with Gasteiger partial charge in [0.05, 0.1) is 11.6 Å². The number of benzene rings is 2. The van der Waals surface area contributed by atoms with E-state index in [0.29, 0.717) is 10.8 Å². The van der Waals surface area contributed by atoms with Crippen LogP contribution in [0.1, 0.15) is 16.1 Å². The van der Waals surface area contributed by atoms with E-state index in [4.69, 9.17) is 0 Å². The molecule has 6 nitrogen and oxygen atoms in total. The number of fused-ring (bicyclic) bond motifs is 1. The van der Waals surface area contributed by atoms with Crippen molar-refractivity contribution in [3.8, 4) is 0 Å². The first-order chi connectivity index (χ1) is 10.8. The van der Waals surface area contributed by atoms with Gasteiger partial charge in [-0.15, -0.1) is 0 Å². The summed E-state index contributed by atoms with van der Waals surface area (Å²) in [5, 5.41) is 10.9. The van der Waals surface area contributed by atoms with Crippen molar-refractivity contribution in [1.29, 1.82) is 0 Å². The van der Waals surface area contributed by atoms with Crippen molar-refractivity contribution in [3.05, 3.63) is 76.2 Å². The van der Waals surface area contributed by atoms with Crippen LogP contribution in [0.2, 0.25) is 0 Å². The summed E-state index contributed by atoms with van der Waals surface area (Å²) in [5.41, 5.74) is 3.06. The summed E-state index contributed by atoms with van der Waals surface area (Å²) < 4.78 is 0. The van der Waals surface area contributed by atoms with E-state index in [9.17, 15) is 9.59 Å². The molecular formula is C16H12N4O2. The summed E-state index contributed by atoms with van der Waals surface area (Å²) in [6, 6.07) is 16.2. The van der Waals surface area contributed by atoms with Gasteiger partial charge in [-0.05, 0) is 11.6 Å². The molecule has 0 saturated carbocycles. The first kappa shape index (κ1) is 13.7. The first-order valence-electron chi connectivity index (χ1n) is 6.61. The highest BCUT2D eigenvalue weighted by molar-refractivity contribution is 6.04. The number of rotatable bonds is 3. The number of hydrazone groups is 1. The molecule has 0 fully saturated rings. The molecule has 0 saturated heterocycles. The Labute approximate surface area is 125 Å². The number of hydrogen-bond acceptors (Lipinski definition) is 4. The molecule has 22 heavy (non-hydrogen) atoms. The zero-order valence-electron chi connectivity index (χ0n) is 11.5. The fourth-order valence-corrected chi connectivity index (χ4v) is 2.05. The lowest BCUT2D eigenvalue weighted by molar-refractivity contribution is 0.0951. The molecule has 1 amide bonds. The van der Waals surface area contributed by atoms with E-state index in [1.54, 1.807) is 24.3 Å². The highest BCUT2D eigenvalue weighted by Crippen LogP contribution is 2.11. The van der Waals surface area contributed by atoms with Crippen LogP contribution in [0.5, 0.6) is 0 Å². The number of nitrogens with one attached hydrogen (secondary N) is 2. The molecule has 3 rings (SSSR count). The minimum Gasteiger partial charge on any atom is -0.267 e. The predicted octanol–water partition coefficient (Wildman–Crippen LogP) is 1.69. The minimum atomic E-state index is -0.486. The van der Waals surface area contributed by atoms with Gasteiger partial charge < -0.3 is 0 Å². The van der Waals surface area contributed by atoms with Crippen molar-refractivity contribution in [3.63, 3.8) is 0 Å². The summed E-state index contributed by atoms with van der Waals surface area (Å²) in [5.74, 6) is -0.486. The second-order valence-electron chi connectivity index (χ2n) is 4.56. The molecule has 1 aromatic heterocycles. The molecule has 0 bridgehead atoms. The zero-order chi connectivity index (χ0) is 15.4. The molecule has 1 heterocycles. The molecule has 3 aromatic rings. The number of carbonyl (C=O) groups excluding carboxylic acids is 1. The fraction of sp³-hybridized carbons (Fsp3) is 0. The van der Waals surface area contributed by atoms with E-state index in [1.165, 1.54) is 6.21 Å². The summed E-state index contributed by atoms with van der Waals surface area (Å²) in [6.45, 7) is 0. The topological polar surface area (TPSA) is 87.2 Å². The van der Waals surface area contributed by atoms with Crippen molar-refractivity contribution >= 4 is 22.9 Å². The smallest absolute Gasteiger partial charge is 0.267 e. The molecule has 108 valence electrons. The van der Waals surface area contributed by atoms with E-state index < -0.39 is 5.91 Å². The highest BCUT2D eigenvalue weighted by Gasteiger charge is 2.12. The van der Waals surface area contributed by atoms with Crippen LogP contribution in [-0.4, -0.2) is 22.3 Å². The third kappa shape index (κ3) is 2.76. The molecule has 2 N–H and O–H groups in total. The zero-order valence-corrected chi connectivity index (χ0v) is 11.5. The van der Waals surface area contributed by atoms with Gasteiger partial charge in [0, 0.05) is 5.39 Å². The van der Waals surface area contributed by atoms with Gasteiger partial charge in [0.2, 0.25) is 0 Å². The first-order valence-corrected chi connectivity index (χ1v) is 6.61. The molecule has 0 aliphatic rings. The van der Waals surface area contributed by atoms with E-state index in [1.807, 2.05) is 30.3 Å². The lowest BCUT2D eigenvalue weighted by Crippen LogP contribution is -2.22. The second kappa shape index (κ2) is 6.01. The fourth-order valence-electron chi connectivity index (χ4n) is 2.05. The molecule has 0 spiro atoms. The van der Waals surface area contributed by atoms with Crippen LogP contribution in [0.3, 0.4) is 0 Å². The number of amides is 1. The molecule has 0 atom stereocenters. The number of H-pyrrole nitrogens is 1. The van der Waals surface area contributed by atoms with Crippen LogP contribution in [0.25, 0.3) is 10.8 Å². The van der Waals surface area contributed by atoms with Gasteiger partial charge in [0.15, 0.2) is 5.69 Å².